The van der Waals surface area contributed by atoms with Gasteiger partial charge in [-0.1, -0.05) is 38.1 Å². The Labute approximate surface area is 196 Å². The molecule has 2 unspecified atom stereocenters. The maximum atomic E-state index is 12.3. The van der Waals surface area contributed by atoms with Crippen LogP contribution in [0.15, 0.2) is 48.5 Å². The number of carbonyl (C=O) groups is 2. The fraction of sp³-hybridized carbons (Fsp3) is 0.417. The van der Waals surface area contributed by atoms with Gasteiger partial charge < -0.3 is 19.3 Å². The lowest BCUT2D eigenvalue weighted by molar-refractivity contribution is -0.140. The Morgan fingerprint density at radius 3 is 2.00 bits per heavy atom. The Bertz CT molecular complexity index is 985. The van der Waals surface area contributed by atoms with Crippen molar-refractivity contribution >= 4 is 28.8 Å². The number of carbonyl (C=O) groups excluding carboxylic acids is 1. The highest BCUT2D eigenvalue weighted by molar-refractivity contribution is 7.80. The first-order valence-corrected chi connectivity index (χ1v) is 11.9. The molecule has 0 radical (unpaired) electrons. The molecule has 9 heteroatoms. The summed E-state index contributed by atoms with van der Waals surface area (Å²) in [4.78, 5) is 26.2. The van der Waals surface area contributed by atoms with Crippen LogP contribution in [0.1, 0.15) is 26.7 Å². The van der Waals surface area contributed by atoms with Crippen LogP contribution in [-0.2, 0) is 20.9 Å². The lowest BCUT2D eigenvalue weighted by Crippen LogP contribution is -2.51. The third-order valence-corrected chi connectivity index (χ3v) is 6.76. The van der Waals surface area contributed by atoms with Crippen molar-refractivity contribution in [1.82, 2.24) is 4.90 Å². The average molecular weight is 474 g/mol. The molecular formula is C24H29N2O6S-. The molecule has 1 saturated heterocycles. The Morgan fingerprint density at radius 2 is 1.58 bits per heavy atom. The number of piperidine rings is 1. The molecule has 3 rings (SSSR count). The number of anilines is 1. The number of carboxylic acid groups (broad SMARTS) is 1. The van der Waals surface area contributed by atoms with E-state index in [1.807, 2.05) is 38.1 Å². The number of nitrogens with zero attached hydrogens (tertiary/aromatic N) is 2. The molecular weight excluding hydrogens is 444 g/mol. The van der Waals surface area contributed by atoms with Crippen LogP contribution in [0.2, 0.25) is 0 Å². The van der Waals surface area contributed by atoms with Gasteiger partial charge in [-0.25, -0.2) is 4.79 Å². The molecule has 1 aliphatic heterocycles. The molecule has 0 bridgehead atoms. The first-order chi connectivity index (χ1) is 15.7. The van der Waals surface area contributed by atoms with Crippen LogP contribution in [0.4, 0.5) is 5.69 Å². The summed E-state index contributed by atoms with van der Waals surface area (Å²) in [5, 5.41) is 9.94. The summed E-state index contributed by atoms with van der Waals surface area (Å²) >= 11 is -2.78. The van der Waals surface area contributed by atoms with E-state index in [1.165, 1.54) is 0 Å². The van der Waals surface area contributed by atoms with Crippen LogP contribution in [0.5, 0.6) is 5.75 Å². The third kappa shape index (κ3) is 5.72. The van der Waals surface area contributed by atoms with Gasteiger partial charge in [-0.3, -0.25) is 13.3 Å². The van der Waals surface area contributed by atoms with E-state index in [2.05, 4.69) is 0 Å². The monoisotopic (exact) mass is 473 g/mol. The van der Waals surface area contributed by atoms with Crippen LogP contribution >= 0.6 is 0 Å². The molecule has 1 amide bonds. The second-order valence-electron chi connectivity index (χ2n) is 8.42. The molecule has 178 valence electrons. The molecule has 1 N–H and O–H groups in total. The molecule has 2 aromatic rings. The predicted molar refractivity (Wildman–Crippen MR) is 125 cm³/mol. The number of carboxylic acids is 1. The van der Waals surface area contributed by atoms with E-state index in [0.29, 0.717) is 25.9 Å². The van der Waals surface area contributed by atoms with Crippen molar-refractivity contribution in [2.75, 3.05) is 24.5 Å². The van der Waals surface area contributed by atoms with Gasteiger partial charge in [0.2, 0.25) is 5.91 Å². The van der Waals surface area contributed by atoms with E-state index in [0.717, 1.165) is 21.2 Å². The van der Waals surface area contributed by atoms with Gasteiger partial charge in [0.25, 0.3) is 0 Å². The Morgan fingerprint density at radius 1 is 1.06 bits per heavy atom. The minimum atomic E-state index is -2.78. The number of methoxy groups -OCH3 is 1. The van der Waals surface area contributed by atoms with Crippen molar-refractivity contribution in [3.63, 3.8) is 0 Å². The highest BCUT2D eigenvalue weighted by Crippen LogP contribution is 2.31. The number of likely N-dealkylation sites (tertiary alicyclic amines) is 1. The van der Waals surface area contributed by atoms with Gasteiger partial charge in [0, 0.05) is 36.0 Å². The number of aliphatic carboxylic acids is 1. The molecule has 1 fully saturated rings. The Hall–Kier alpha value is -2.91. The summed E-state index contributed by atoms with van der Waals surface area (Å²) in [5.74, 6) is -0.982. The number of hydrogen-bond donors (Lipinski definition) is 1. The zero-order valence-corrected chi connectivity index (χ0v) is 19.8. The van der Waals surface area contributed by atoms with Crippen molar-refractivity contribution < 1.29 is 28.2 Å². The number of rotatable bonds is 8. The summed E-state index contributed by atoms with van der Waals surface area (Å²) in [6, 6.07) is 13.0. The highest BCUT2D eigenvalue weighted by atomic mass is 32.2. The fourth-order valence-electron chi connectivity index (χ4n) is 4.22. The smallest absolute Gasteiger partial charge is 0.327 e. The maximum Gasteiger partial charge on any atom is 0.327 e. The zero-order chi connectivity index (χ0) is 24.1. The number of benzene rings is 2. The summed E-state index contributed by atoms with van der Waals surface area (Å²) in [6.45, 7) is 4.49. The molecule has 33 heavy (non-hydrogen) atoms. The SMILES string of the molecule is COc1ccc(-c2ccc(N(C(C(=O)O)C3CCN(C(=O)C(C)C)CC3)S(=O)[O-])cc2)cc1. The number of ether oxygens (including phenoxy) is 1. The zero-order valence-electron chi connectivity index (χ0n) is 19.0. The molecule has 8 nitrogen and oxygen atoms in total. The van der Waals surface area contributed by atoms with Crippen molar-refractivity contribution in [3.05, 3.63) is 48.5 Å². The van der Waals surface area contributed by atoms with Crippen LogP contribution in [0.25, 0.3) is 11.1 Å². The quantitative estimate of drug-likeness (QED) is 0.589. The average Bonchev–Trinajstić information content (AvgIpc) is 2.82. The number of amides is 1. The van der Waals surface area contributed by atoms with Gasteiger partial charge in [0.1, 0.15) is 11.8 Å². The van der Waals surface area contributed by atoms with E-state index in [1.54, 1.807) is 36.3 Å². The largest absolute Gasteiger partial charge is 0.755 e. The molecule has 0 aliphatic carbocycles. The maximum absolute atomic E-state index is 12.3. The summed E-state index contributed by atoms with van der Waals surface area (Å²) in [7, 11) is 1.59. The van der Waals surface area contributed by atoms with Gasteiger partial charge >= 0.3 is 5.97 Å². The molecule has 1 aliphatic rings. The molecule has 1 heterocycles. The molecule has 0 aromatic heterocycles. The van der Waals surface area contributed by atoms with Gasteiger partial charge in [-0.15, -0.1) is 0 Å². The normalized spacial score (nSPS) is 16.3. The van der Waals surface area contributed by atoms with E-state index < -0.39 is 29.2 Å². The van der Waals surface area contributed by atoms with Crippen LogP contribution in [0.3, 0.4) is 0 Å². The van der Waals surface area contributed by atoms with E-state index in [9.17, 15) is 23.5 Å². The third-order valence-electron chi connectivity index (χ3n) is 6.00. The second kappa shape index (κ2) is 10.8. The van der Waals surface area contributed by atoms with Gasteiger partial charge in [-0.2, -0.15) is 0 Å². The molecule has 0 spiro atoms. The second-order valence-corrected chi connectivity index (χ2v) is 9.25. The Kier molecular flexibility index (Phi) is 8.10. The van der Waals surface area contributed by atoms with Gasteiger partial charge in [-0.05, 0) is 54.2 Å². The topological polar surface area (TPSA) is 110 Å². The standard InChI is InChI=1S/C24H30N2O6S/c1-16(2)23(27)25-14-12-19(13-15-25)22(24(28)29)26(33(30)31)20-8-4-17(5-9-20)18-6-10-21(32-3)11-7-18/h4-11,16,19,22H,12-15H2,1-3H3,(H,28,29)(H,30,31)/p-1. The highest BCUT2D eigenvalue weighted by Gasteiger charge is 2.38. The van der Waals surface area contributed by atoms with Crippen LogP contribution < -0.4 is 9.04 Å². The predicted octanol–water partition coefficient (Wildman–Crippen LogP) is 3.31. The van der Waals surface area contributed by atoms with E-state index in [4.69, 9.17) is 4.74 Å². The van der Waals surface area contributed by atoms with E-state index >= 15 is 0 Å². The summed E-state index contributed by atoms with van der Waals surface area (Å²) in [5.41, 5.74) is 2.08. The van der Waals surface area contributed by atoms with Gasteiger partial charge in [0.15, 0.2) is 0 Å². The first-order valence-electron chi connectivity index (χ1n) is 10.9. The first kappa shape index (κ1) is 24.7. The van der Waals surface area contributed by atoms with Crippen LogP contribution in [-0.4, -0.2) is 56.9 Å². The van der Waals surface area contributed by atoms with Crippen molar-refractivity contribution in [2.45, 2.75) is 32.7 Å². The summed E-state index contributed by atoms with van der Waals surface area (Å²) in [6.07, 6.45) is 0.847. The molecule has 0 saturated carbocycles. The van der Waals surface area contributed by atoms with Crippen molar-refractivity contribution in [2.24, 2.45) is 11.8 Å². The van der Waals surface area contributed by atoms with Gasteiger partial charge in [0.05, 0.1) is 7.11 Å². The molecule has 2 aromatic carbocycles. The van der Waals surface area contributed by atoms with Crippen molar-refractivity contribution in [1.29, 1.82) is 0 Å². The minimum absolute atomic E-state index is 0.0266. The number of hydrogen-bond acceptors (Lipinski definition) is 5. The lowest BCUT2D eigenvalue weighted by Gasteiger charge is -2.40. The van der Waals surface area contributed by atoms with Crippen LogP contribution in [0, 0.1) is 11.8 Å². The Balaban J connectivity index is 1.81. The summed E-state index contributed by atoms with van der Waals surface area (Å²) < 4.78 is 30.4. The minimum Gasteiger partial charge on any atom is -0.755 e. The fourth-order valence-corrected chi connectivity index (χ4v) is 4.96. The molecule has 2 atom stereocenters. The lowest BCUT2D eigenvalue weighted by atomic mass is 9.88. The van der Waals surface area contributed by atoms with Crippen molar-refractivity contribution in [3.8, 4) is 16.9 Å². The van der Waals surface area contributed by atoms with E-state index in [-0.39, 0.29) is 17.5 Å².